The summed E-state index contributed by atoms with van der Waals surface area (Å²) in [4.78, 5) is 13.0. The molecule has 0 aliphatic carbocycles. The third-order valence-electron chi connectivity index (χ3n) is 4.66. The van der Waals surface area contributed by atoms with Gasteiger partial charge in [-0.3, -0.25) is 4.79 Å². The quantitative estimate of drug-likeness (QED) is 0.492. The molecule has 0 aliphatic heterocycles. The van der Waals surface area contributed by atoms with Crippen molar-refractivity contribution in [2.75, 3.05) is 14.2 Å². The number of halogens is 1. The SMILES string of the molecule is COc1ccc(-c2nn(Cc3ccc(Cl)cc3)c(=O)c3c(C)noc23)c(OC)c1. The summed E-state index contributed by atoms with van der Waals surface area (Å²) in [6.07, 6.45) is 0. The smallest absolute Gasteiger partial charge is 0.280 e. The Labute approximate surface area is 171 Å². The monoisotopic (exact) mass is 411 g/mol. The van der Waals surface area contributed by atoms with Crippen molar-refractivity contribution >= 4 is 22.6 Å². The first-order valence-electron chi connectivity index (χ1n) is 8.85. The number of rotatable bonds is 5. The first kappa shape index (κ1) is 19.0. The van der Waals surface area contributed by atoms with E-state index in [1.54, 1.807) is 45.4 Å². The molecule has 7 nitrogen and oxygen atoms in total. The zero-order chi connectivity index (χ0) is 20.5. The third kappa shape index (κ3) is 3.45. The van der Waals surface area contributed by atoms with Crippen molar-refractivity contribution in [3.63, 3.8) is 0 Å². The van der Waals surface area contributed by atoms with Gasteiger partial charge in [-0.05, 0) is 36.8 Å². The summed E-state index contributed by atoms with van der Waals surface area (Å²) in [5.41, 5.74) is 2.58. The highest BCUT2D eigenvalue weighted by atomic mass is 35.5. The van der Waals surface area contributed by atoms with Crippen LogP contribution in [0.25, 0.3) is 22.2 Å². The Bertz CT molecular complexity index is 1250. The van der Waals surface area contributed by atoms with Crippen LogP contribution in [0.5, 0.6) is 11.5 Å². The summed E-state index contributed by atoms with van der Waals surface area (Å²) in [6.45, 7) is 2.01. The topological polar surface area (TPSA) is 79.4 Å². The van der Waals surface area contributed by atoms with Crippen molar-refractivity contribution in [1.82, 2.24) is 14.9 Å². The van der Waals surface area contributed by atoms with Crippen LogP contribution in [0.15, 0.2) is 51.8 Å². The molecule has 0 radical (unpaired) electrons. The van der Waals surface area contributed by atoms with E-state index in [9.17, 15) is 4.79 Å². The Kier molecular flexibility index (Phi) is 4.98. The van der Waals surface area contributed by atoms with Crippen molar-refractivity contribution in [3.05, 3.63) is 69.1 Å². The summed E-state index contributed by atoms with van der Waals surface area (Å²) in [7, 11) is 3.14. The Morgan fingerprint density at radius 1 is 1.10 bits per heavy atom. The maximum atomic E-state index is 13.0. The van der Waals surface area contributed by atoms with Gasteiger partial charge in [-0.2, -0.15) is 5.10 Å². The molecular formula is C21H18ClN3O4. The third-order valence-corrected chi connectivity index (χ3v) is 4.91. The van der Waals surface area contributed by atoms with E-state index in [2.05, 4.69) is 10.3 Å². The molecule has 148 valence electrons. The van der Waals surface area contributed by atoms with Gasteiger partial charge < -0.3 is 14.0 Å². The zero-order valence-electron chi connectivity index (χ0n) is 16.1. The van der Waals surface area contributed by atoms with Gasteiger partial charge in [0.1, 0.15) is 22.6 Å². The fourth-order valence-corrected chi connectivity index (χ4v) is 3.29. The molecule has 2 aromatic carbocycles. The van der Waals surface area contributed by atoms with Crippen LogP contribution >= 0.6 is 11.6 Å². The van der Waals surface area contributed by atoms with Gasteiger partial charge in [0.05, 0.1) is 26.5 Å². The minimum Gasteiger partial charge on any atom is -0.497 e. The van der Waals surface area contributed by atoms with Crippen LogP contribution in [-0.4, -0.2) is 29.2 Å². The molecule has 0 aliphatic rings. The molecule has 0 saturated heterocycles. The van der Waals surface area contributed by atoms with E-state index in [1.165, 1.54) is 4.68 Å². The van der Waals surface area contributed by atoms with Gasteiger partial charge in [-0.25, -0.2) is 4.68 Å². The van der Waals surface area contributed by atoms with Crippen molar-refractivity contribution in [1.29, 1.82) is 0 Å². The molecule has 4 aromatic rings. The molecule has 0 bridgehead atoms. The van der Waals surface area contributed by atoms with Crippen molar-refractivity contribution in [2.45, 2.75) is 13.5 Å². The first-order valence-corrected chi connectivity index (χ1v) is 9.23. The number of nitrogens with zero attached hydrogens (tertiary/aromatic N) is 3. The Balaban J connectivity index is 1.94. The van der Waals surface area contributed by atoms with Crippen LogP contribution in [0.4, 0.5) is 0 Å². The molecule has 0 unspecified atom stereocenters. The van der Waals surface area contributed by atoms with Crippen molar-refractivity contribution in [2.24, 2.45) is 0 Å². The Morgan fingerprint density at radius 2 is 1.86 bits per heavy atom. The summed E-state index contributed by atoms with van der Waals surface area (Å²) in [5, 5.41) is 9.58. The Hall–Kier alpha value is -3.32. The minimum absolute atomic E-state index is 0.273. The number of hydrogen-bond acceptors (Lipinski definition) is 6. The van der Waals surface area contributed by atoms with E-state index >= 15 is 0 Å². The second-order valence-electron chi connectivity index (χ2n) is 6.48. The molecular weight excluding hydrogens is 394 g/mol. The fraction of sp³-hybridized carbons (Fsp3) is 0.190. The summed E-state index contributed by atoms with van der Waals surface area (Å²) in [6, 6.07) is 12.6. The zero-order valence-corrected chi connectivity index (χ0v) is 16.9. The lowest BCUT2D eigenvalue weighted by atomic mass is 10.1. The van der Waals surface area contributed by atoms with E-state index in [1.807, 2.05) is 18.2 Å². The highest BCUT2D eigenvalue weighted by Gasteiger charge is 2.21. The molecule has 0 N–H and O–H groups in total. The summed E-state index contributed by atoms with van der Waals surface area (Å²) < 4.78 is 17.6. The van der Waals surface area contributed by atoms with Crippen LogP contribution < -0.4 is 15.0 Å². The van der Waals surface area contributed by atoms with Crippen LogP contribution in [0, 0.1) is 6.92 Å². The maximum absolute atomic E-state index is 13.0. The van der Waals surface area contributed by atoms with E-state index in [0.717, 1.165) is 5.56 Å². The van der Waals surface area contributed by atoms with Gasteiger partial charge in [0.25, 0.3) is 5.56 Å². The largest absolute Gasteiger partial charge is 0.497 e. The fourth-order valence-electron chi connectivity index (χ4n) is 3.16. The second-order valence-corrected chi connectivity index (χ2v) is 6.91. The van der Waals surface area contributed by atoms with E-state index in [-0.39, 0.29) is 12.1 Å². The standard InChI is InChI=1S/C21H18ClN3O4/c1-12-18-20(29-24-12)19(16-9-8-15(27-2)10-17(16)28-3)23-25(21(18)26)11-13-4-6-14(22)7-5-13/h4-10H,11H2,1-3H3. The van der Waals surface area contributed by atoms with Gasteiger partial charge in [-0.15, -0.1) is 0 Å². The lowest BCUT2D eigenvalue weighted by Gasteiger charge is -2.12. The molecule has 8 heteroatoms. The van der Waals surface area contributed by atoms with E-state index in [4.69, 9.17) is 25.6 Å². The molecule has 0 saturated carbocycles. The lowest BCUT2D eigenvalue weighted by Crippen LogP contribution is -2.24. The summed E-state index contributed by atoms with van der Waals surface area (Å²) in [5.74, 6) is 1.19. The van der Waals surface area contributed by atoms with Crippen molar-refractivity contribution in [3.8, 4) is 22.8 Å². The van der Waals surface area contributed by atoms with Gasteiger partial charge in [0, 0.05) is 16.7 Å². The minimum atomic E-state index is -0.273. The molecule has 0 amide bonds. The van der Waals surface area contributed by atoms with Gasteiger partial charge >= 0.3 is 0 Å². The van der Waals surface area contributed by atoms with Gasteiger partial charge in [0.15, 0.2) is 0 Å². The number of fused-ring (bicyclic) bond motifs is 1. The number of methoxy groups -OCH3 is 2. The van der Waals surface area contributed by atoms with E-state index < -0.39 is 0 Å². The summed E-state index contributed by atoms with van der Waals surface area (Å²) >= 11 is 5.96. The maximum Gasteiger partial charge on any atom is 0.280 e. The number of aryl methyl sites for hydroxylation is 1. The molecule has 4 rings (SSSR count). The highest BCUT2D eigenvalue weighted by Crippen LogP contribution is 2.35. The van der Waals surface area contributed by atoms with Gasteiger partial charge in [0.2, 0.25) is 5.58 Å². The predicted molar refractivity (Wildman–Crippen MR) is 110 cm³/mol. The number of hydrogen-bond donors (Lipinski definition) is 0. The average Bonchev–Trinajstić information content (AvgIpc) is 3.13. The molecule has 0 fully saturated rings. The normalized spacial score (nSPS) is 11.0. The molecule has 0 atom stereocenters. The second kappa shape index (κ2) is 7.60. The van der Waals surface area contributed by atoms with E-state index in [0.29, 0.717) is 44.4 Å². The number of benzene rings is 2. The van der Waals surface area contributed by atoms with Gasteiger partial charge in [-0.1, -0.05) is 28.9 Å². The highest BCUT2D eigenvalue weighted by molar-refractivity contribution is 6.30. The average molecular weight is 412 g/mol. The lowest BCUT2D eigenvalue weighted by molar-refractivity contribution is 0.395. The number of aromatic nitrogens is 3. The molecule has 2 aromatic heterocycles. The first-order chi connectivity index (χ1) is 14.0. The van der Waals surface area contributed by atoms with Crippen LogP contribution in [-0.2, 0) is 6.54 Å². The van der Waals surface area contributed by atoms with Crippen molar-refractivity contribution < 1.29 is 14.0 Å². The molecule has 29 heavy (non-hydrogen) atoms. The van der Waals surface area contributed by atoms with Crippen LogP contribution in [0.2, 0.25) is 5.02 Å². The predicted octanol–water partition coefficient (Wildman–Crippen LogP) is 4.08. The number of ether oxygens (including phenoxy) is 2. The molecule has 0 spiro atoms. The molecule has 2 heterocycles. The van der Waals surface area contributed by atoms with Crippen LogP contribution in [0.1, 0.15) is 11.3 Å². The Morgan fingerprint density at radius 3 is 2.55 bits per heavy atom. The van der Waals surface area contributed by atoms with Crippen LogP contribution in [0.3, 0.4) is 0 Å².